The highest BCUT2D eigenvalue weighted by Gasteiger charge is 2.12. The summed E-state index contributed by atoms with van der Waals surface area (Å²) in [6, 6.07) is 5.38. The molecule has 2 aromatic heterocycles. The number of hydrogen-bond donors (Lipinski definition) is 2. The van der Waals surface area contributed by atoms with Crippen LogP contribution in [0.1, 0.15) is 10.5 Å². The lowest BCUT2D eigenvalue weighted by molar-refractivity contribution is 0.0691. The molecule has 0 radical (unpaired) electrons. The molecule has 0 unspecified atom stereocenters. The first-order valence-electron chi connectivity index (χ1n) is 4.55. The lowest BCUT2D eigenvalue weighted by Crippen LogP contribution is -1.95. The molecular weight excluding hydrogens is 230 g/mol. The molecule has 0 aliphatic carbocycles. The van der Waals surface area contributed by atoms with Crippen LogP contribution in [0.4, 0.5) is 0 Å². The van der Waals surface area contributed by atoms with E-state index in [1.54, 1.807) is 16.5 Å². The standard InChI is InChI=1S/C10H6ClN3O2/c11-5-2-1-3-7-8(5)13-10-12-6(9(15)16)4-14(7)10/h1-4H,(H,12,13)(H,15,16). The van der Waals surface area contributed by atoms with Crippen molar-refractivity contribution in [3.8, 4) is 0 Å². The molecule has 0 amide bonds. The number of aromatic nitrogens is 3. The number of rotatable bonds is 1. The van der Waals surface area contributed by atoms with E-state index in [0.29, 0.717) is 16.3 Å². The first-order valence-corrected chi connectivity index (χ1v) is 4.93. The van der Waals surface area contributed by atoms with Crippen LogP contribution in [-0.4, -0.2) is 25.4 Å². The van der Waals surface area contributed by atoms with Crippen molar-refractivity contribution in [2.24, 2.45) is 0 Å². The lowest BCUT2D eigenvalue weighted by atomic mass is 10.3. The minimum atomic E-state index is -1.01. The molecule has 16 heavy (non-hydrogen) atoms. The summed E-state index contributed by atoms with van der Waals surface area (Å²) in [6.45, 7) is 0. The van der Waals surface area contributed by atoms with Crippen LogP contribution < -0.4 is 0 Å². The van der Waals surface area contributed by atoms with E-state index in [4.69, 9.17) is 16.7 Å². The predicted molar refractivity (Wildman–Crippen MR) is 59.0 cm³/mol. The van der Waals surface area contributed by atoms with Crippen LogP contribution in [-0.2, 0) is 0 Å². The SMILES string of the molecule is O=C(O)c1cn2c(nc3c(Cl)cccc32)[nH]1. The quantitative estimate of drug-likeness (QED) is 0.679. The second-order valence-electron chi connectivity index (χ2n) is 3.39. The van der Waals surface area contributed by atoms with E-state index in [1.165, 1.54) is 6.20 Å². The molecule has 0 aliphatic rings. The maximum Gasteiger partial charge on any atom is 0.353 e. The summed E-state index contributed by atoms with van der Waals surface area (Å²) in [5, 5.41) is 9.38. The fourth-order valence-electron chi connectivity index (χ4n) is 1.69. The third kappa shape index (κ3) is 1.12. The number of halogens is 1. The first kappa shape index (κ1) is 9.23. The number of aromatic carboxylic acids is 1. The summed E-state index contributed by atoms with van der Waals surface area (Å²) in [5.41, 5.74) is 1.54. The monoisotopic (exact) mass is 235 g/mol. The molecule has 3 aromatic rings. The largest absolute Gasteiger partial charge is 0.477 e. The van der Waals surface area contributed by atoms with E-state index in [-0.39, 0.29) is 5.69 Å². The maximum atomic E-state index is 10.8. The van der Waals surface area contributed by atoms with Crippen LogP contribution in [0.5, 0.6) is 0 Å². The zero-order chi connectivity index (χ0) is 11.3. The van der Waals surface area contributed by atoms with Gasteiger partial charge in [-0.1, -0.05) is 17.7 Å². The molecule has 0 saturated heterocycles. The van der Waals surface area contributed by atoms with Crippen LogP contribution in [0.25, 0.3) is 16.8 Å². The van der Waals surface area contributed by atoms with Crippen molar-refractivity contribution in [3.05, 3.63) is 35.1 Å². The number of aromatic amines is 1. The minimum absolute atomic E-state index is 0.101. The van der Waals surface area contributed by atoms with E-state index in [9.17, 15) is 4.79 Å². The number of H-pyrrole nitrogens is 1. The lowest BCUT2D eigenvalue weighted by Gasteiger charge is -1.91. The molecule has 2 heterocycles. The van der Waals surface area contributed by atoms with Crippen molar-refractivity contribution in [2.45, 2.75) is 0 Å². The van der Waals surface area contributed by atoms with Gasteiger partial charge >= 0.3 is 5.97 Å². The van der Waals surface area contributed by atoms with Crippen LogP contribution in [0.3, 0.4) is 0 Å². The van der Waals surface area contributed by atoms with Gasteiger partial charge in [-0.05, 0) is 12.1 Å². The molecule has 0 aliphatic heterocycles. The zero-order valence-electron chi connectivity index (χ0n) is 7.94. The van der Waals surface area contributed by atoms with Crippen molar-refractivity contribution in [2.75, 3.05) is 0 Å². The fraction of sp³-hybridized carbons (Fsp3) is 0. The second kappa shape index (κ2) is 2.99. The number of hydrogen-bond acceptors (Lipinski definition) is 2. The van der Waals surface area contributed by atoms with Gasteiger partial charge in [0.2, 0.25) is 5.78 Å². The average molecular weight is 236 g/mol. The number of carbonyl (C=O) groups is 1. The number of carboxylic acids is 1. The molecule has 3 rings (SSSR count). The summed E-state index contributed by atoms with van der Waals surface area (Å²) in [7, 11) is 0. The highest BCUT2D eigenvalue weighted by molar-refractivity contribution is 6.35. The van der Waals surface area contributed by atoms with Gasteiger partial charge in [0.25, 0.3) is 0 Å². The summed E-state index contributed by atoms with van der Waals surface area (Å²) < 4.78 is 1.67. The van der Waals surface area contributed by atoms with Gasteiger partial charge in [0.05, 0.1) is 10.5 Å². The van der Waals surface area contributed by atoms with Crippen LogP contribution in [0.15, 0.2) is 24.4 Å². The first-order chi connectivity index (χ1) is 7.66. The van der Waals surface area contributed by atoms with Gasteiger partial charge in [-0.2, -0.15) is 0 Å². The van der Waals surface area contributed by atoms with Gasteiger partial charge in [-0.25, -0.2) is 9.78 Å². The third-order valence-corrected chi connectivity index (χ3v) is 2.71. The Labute approximate surface area is 94.3 Å². The molecule has 2 N–H and O–H groups in total. The van der Waals surface area contributed by atoms with Gasteiger partial charge in [0, 0.05) is 6.20 Å². The Balaban J connectivity index is 2.43. The number of carboxylic acid groups (broad SMARTS) is 1. The van der Waals surface area contributed by atoms with Crippen molar-refractivity contribution in [3.63, 3.8) is 0 Å². The number of para-hydroxylation sites is 1. The van der Waals surface area contributed by atoms with Gasteiger partial charge in [0.1, 0.15) is 11.2 Å². The van der Waals surface area contributed by atoms with E-state index < -0.39 is 5.97 Å². The summed E-state index contributed by atoms with van der Waals surface area (Å²) in [5.74, 6) is -0.541. The topological polar surface area (TPSA) is 70.4 Å². The fourth-order valence-corrected chi connectivity index (χ4v) is 1.90. The van der Waals surface area contributed by atoms with Gasteiger partial charge in [-0.15, -0.1) is 0 Å². The second-order valence-corrected chi connectivity index (χ2v) is 3.79. The molecule has 5 nitrogen and oxygen atoms in total. The molecule has 80 valence electrons. The Kier molecular flexibility index (Phi) is 1.73. The highest BCUT2D eigenvalue weighted by atomic mass is 35.5. The van der Waals surface area contributed by atoms with Crippen molar-refractivity contribution in [1.82, 2.24) is 14.4 Å². The Morgan fingerprint density at radius 3 is 3.06 bits per heavy atom. The van der Waals surface area contributed by atoms with Gasteiger partial charge in [-0.3, -0.25) is 4.40 Å². The predicted octanol–water partition coefficient (Wildman–Crippen LogP) is 2.17. The molecule has 0 atom stereocenters. The van der Waals surface area contributed by atoms with Crippen molar-refractivity contribution in [1.29, 1.82) is 0 Å². The van der Waals surface area contributed by atoms with Crippen LogP contribution >= 0.6 is 11.6 Å². The van der Waals surface area contributed by atoms with Crippen molar-refractivity contribution >= 4 is 34.4 Å². The van der Waals surface area contributed by atoms with Gasteiger partial charge < -0.3 is 10.1 Å². The molecule has 0 bridgehead atoms. The molecule has 0 fully saturated rings. The van der Waals surface area contributed by atoms with Crippen molar-refractivity contribution < 1.29 is 9.90 Å². The summed E-state index contributed by atoms with van der Waals surface area (Å²) in [6.07, 6.45) is 1.49. The molecular formula is C10H6ClN3O2. The Hall–Kier alpha value is -2.01. The summed E-state index contributed by atoms with van der Waals surface area (Å²) >= 11 is 5.98. The van der Waals surface area contributed by atoms with Crippen LogP contribution in [0.2, 0.25) is 5.02 Å². The van der Waals surface area contributed by atoms with E-state index in [2.05, 4.69) is 9.97 Å². The highest BCUT2D eigenvalue weighted by Crippen LogP contribution is 2.23. The number of nitrogens with zero attached hydrogens (tertiary/aromatic N) is 2. The Bertz CT molecular complexity index is 713. The molecule has 6 heteroatoms. The van der Waals surface area contributed by atoms with Crippen LogP contribution in [0, 0.1) is 0 Å². The summed E-state index contributed by atoms with van der Waals surface area (Å²) in [4.78, 5) is 17.7. The van der Waals surface area contributed by atoms with Gasteiger partial charge in [0.15, 0.2) is 0 Å². The van der Waals surface area contributed by atoms with E-state index in [0.717, 1.165) is 5.52 Å². The number of benzene rings is 1. The van der Waals surface area contributed by atoms with E-state index in [1.807, 2.05) is 6.07 Å². The third-order valence-electron chi connectivity index (χ3n) is 2.41. The molecule has 0 spiro atoms. The van der Waals surface area contributed by atoms with E-state index >= 15 is 0 Å². The normalized spacial score (nSPS) is 11.3. The number of imidazole rings is 2. The molecule has 1 aromatic carbocycles. The minimum Gasteiger partial charge on any atom is -0.477 e. The number of nitrogens with one attached hydrogen (secondary N) is 1. The Morgan fingerprint density at radius 2 is 2.31 bits per heavy atom. The average Bonchev–Trinajstić information content (AvgIpc) is 2.76. The zero-order valence-corrected chi connectivity index (χ0v) is 8.69. The Morgan fingerprint density at radius 1 is 1.50 bits per heavy atom. The maximum absolute atomic E-state index is 10.8. The number of fused-ring (bicyclic) bond motifs is 3. The smallest absolute Gasteiger partial charge is 0.353 e. The molecule has 0 saturated carbocycles.